The predicted octanol–water partition coefficient (Wildman–Crippen LogP) is 3.22. The molecule has 80 valence electrons. The van der Waals surface area contributed by atoms with Crippen LogP contribution in [-0.4, -0.2) is 24.0 Å². The van der Waals surface area contributed by atoms with Crippen LogP contribution in [-0.2, 0) is 0 Å². The Morgan fingerprint density at radius 2 is 2.21 bits per heavy atom. The van der Waals surface area contributed by atoms with Gasteiger partial charge in [0, 0.05) is 12.6 Å². The Kier molecular flexibility index (Phi) is 2.96. The highest BCUT2D eigenvalue weighted by Crippen LogP contribution is 2.36. The van der Waals surface area contributed by atoms with E-state index in [1.165, 1.54) is 38.8 Å². The molecule has 0 aromatic rings. The predicted molar refractivity (Wildman–Crippen MR) is 61.4 cm³/mol. The number of nitrogens with zero attached hydrogens (tertiary/aromatic N) is 1. The Bertz CT molecular complexity index is 240. The van der Waals surface area contributed by atoms with Gasteiger partial charge in [-0.1, -0.05) is 31.9 Å². The molecule has 0 saturated carbocycles. The van der Waals surface area contributed by atoms with E-state index in [4.69, 9.17) is 0 Å². The zero-order chi connectivity index (χ0) is 10.1. The molecule has 0 N–H and O–H groups in total. The van der Waals surface area contributed by atoms with Crippen LogP contribution in [0.25, 0.3) is 0 Å². The Morgan fingerprint density at radius 1 is 1.43 bits per heavy atom. The summed E-state index contributed by atoms with van der Waals surface area (Å²) in [6.45, 7) is 9.70. The molecule has 2 fully saturated rings. The van der Waals surface area contributed by atoms with Gasteiger partial charge in [-0.2, -0.15) is 0 Å². The molecular weight excluding hydrogens is 170 g/mol. The summed E-state index contributed by atoms with van der Waals surface area (Å²) in [6, 6.07) is 0.840. The SMILES string of the molecule is CC/C(=C1\CCN2CCCC12)C(C)C. The summed E-state index contributed by atoms with van der Waals surface area (Å²) in [5.74, 6) is 0.760. The van der Waals surface area contributed by atoms with Crippen molar-refractivity contribution >= 4 is 0 Å². The van der Waals surface area contributed by atoms with E-state index in [9.17, 15) is 0 Å². The fourth-order valence-electron chi connectivity index (χ4n) is 3.30. The topological polar surface area (TPSA) is 3.24 Å². The van der Waals surface area contributed by atoms with Crippen LogP contribution in [0.2, 0.25) is 0 Å². The largest absolute Gasteiger partial charge is 0.296 e. The average Bonchev–Trinajstić information content (AvgIpc) is 2.69. The van der Waals surface area contributed by atoms with Gasteiger partial charge < -0.3 is 0 Å². The minimum Gasteiger partial charge on any atom is -0.296 e. The standard InChI is InChI=1S/C13H23N/c1-4-11(10(2)3)12-7-9-14-8-5-6-13(12)14/h10,13H,4-9H2,1-3H3/b12-11-. The lowest BCUT2D eigenvalue weighted by molar-refractivity contribution is 0.337. The summed E-state index contributed by atoms with van der Waals surface area (Å²) in [5, 5.41) is 0. The number of rotatable bonds is 2. The molecule has 0 aromatic heterocycles. The monoisotopic (exact) mass is 193 g/mol. The number of hydrogen-bond donors (Lipinski definition) is 0. The first kappa shape index (κ1) is 10.2. The van der Waals surface area contributed by atoms with Gasteiger partial charge in [-0.3, -0.25) is 4.90 Å². The summed E-state index contributed by atoms with van der Waals surface area (Å²) in [7, 11) is 0. The maximum absolute atomic E-state index is 2.69. The molecule has 14 heavy (non-hydrogen) atoms. The molecule has 0 spiro atoms. The Labute approximate surface area is 88.2 Å². The molecular formula is C13H23N. The summed E-state index contributed by atoms with van der Waals surface area (Å²) >= 11 is 0. The van der Waals surface area contributed by atoms with E-state index in [1.807, 2.05) is 0 Å². The maximum Gasteiger partial charge on any atom is 0.0311 e. The van der Waals surface area contributed by atoms with Crippen LogP contribution in [0.3, 0.4) is 0 Å². The van der Waals surface area contributed by atoms with Gasteiger partial charge in [0.2, 0.25) is 0 Å². The van der Waals surface area contributed by atoms with Gasteiger partial charge in [0.1, 0.15) is 0 Å². The smallest absolute Gasteiger partial charge is 0.0311 e. The van der Waals surface area contributed by atoms with Gasteiger partial charge in [0.25, 0.3) is 0 Å². The van der Waals surface area contributed by atoms with Crippen molar-refractivity contribution in [2.75, 3.05) is 13.1 Å². The molecule has 0 radical (unpaired) electrons. The number of fused-ring (bicyclic) bond motifs is 1. The normalized spacial score (nSPS) is 31.3. The summed E-state index contributed by atoms with van der Waals surface area (Å²) in [6.07, 6.45) is 5.46. The molecule has 2 aliphatic rings. The van der Waals surface area contributed by atoms with Gasteiger partial charge in [0.05, 0.1) is 0 Å². The molecule has 2 heterocycles. The van der Waals surface area contributed by atoms with E-state index >= 15 is 0 Å². The third kappa shape index (κ3) is 1.63. The van der Waals surface area contributed by atoms with Crippen LogP contribution in [0.1, 0.15) is 46.5 Å². The van der Waals surface area contributed by atoms with Crippen molar-refractivity contribution in [3.05, 3.63) is 11.1 Å². The van der Waals surface area contributed by atoms with Crippen LogP contribution in [0, 0.1) is 5.92 Å². The van der Waals surface area contributed by atoms with Crippen LogP contribution in [0.4, 0.5) is 0 Å². The lowest BCUT2D eigenvalue weighted by atomic mass is 9.90. The molecule has 1 heteroatoms. The van der Waals surface area contributed by atoms with Gasteiger partial charge in [-0.25, -0.2) is 0 Å². The highest BCUT2D eigenvalue weighted by molar-refractivity contribution is 5.26. The Morgan fingerprint density at radius 3 is 2.86 bits per heavy atom. The van der Waals surface area contributed by atoms with E-state index in [2.05, 4.69) is 25.7 Å². The maximum atomic E-state index is 2.69. The lowest BCUT2D eigenvalue weighted by Crippen LogP contribution is -2.23. The zero-order valence-corrected chi connectivity index (χ0v) is 9.84. The third-order valence-electron chi connectivity index (χ3n) is 3.92. The van der Waals surface area contributed by atoms with Crippen molar-refractivity contribution in [1.29, 1.82) is 0 Å². The first-order valence-corrected chi connectivity index (χ1v) is 6.20. The molecule has 2 aliphatic heterocycles. The van der Waals surface area contributed by atoms with Crippen LogP contribution in [0.15, 0.2) is 11.1 Å². The van der Waals surface area contributed by atoms with Crippen molar-refractivity contribution in [2.45, 2.75) is 52.5 Å². The van der Waals surface area contributed by atoms with Crippen LogP contribution < -0.4 is 0 Å². The summed E-state index contributed by atoms with van der Waals surface area (Å²) in [4.78, 5) is 2.69. The minimum atomic E-state index is 0.760. The van der Waals surface area contributed by atoms with E-state index in [-0.39, 0.29) is 0 Å². The molecule has 0 bridgehead atoms. The molecule has 0 amide bonds. The molecule has 0 aromatic carbocycles. The van der Waals surface area contributed by atoms with Crippen molar-refractivity contribution < 1.29 is 0 Å². The zero-order valence-electron chi connectivity index (χ0n) is 9.84. The number of hydrogen-bond acceptors (Lipinski definition) is 1. The van der Waals surface area contributed by atoms with E-state index in [1.54, 1.807) is 11.1 Å². The van der Waals surface area contributed by atoms with E-state index in [0.29, 0.717) is 0 Å². The van der Waals surface area contributed by atoms with Crippen molar-refractivity contribution in [2.24, 2.45) is 5.92 Å². The molecule has 2 saturated heterocycles. The van der Waals surface area contributed by atoms with E-state index < -0.39 is 0 Å². The van der Waals surface area contributed by atoms with Gasteiger partial charge in [-0.05, 0) is 38.1 Å². The summed E-state index contributed by atoms with van der Waals surface area (Å²) in [5.41, 5.74) is 3.56. The molecule has 1 nitrogen and oxygen atoms in total. The lowest BCUT2D eigenvalue weighted by Gasteiger charge is -2.19. The molecule has 1 atom stereocenters. The first-order chi connectivity index (χ1) is 6.74. The second-order valence-corrected chi connectivity index (χ2v) is 5.00. The highest BCUT2D eigenvalue weighted by Gasteiger charge is 2.34. The van der Waals surface area contributed by atoms with Crippen LogP contribution in [0.5, 0.6) is 0 Å². The Balaban J connectivity index is 2.23. The Hall–Kier alpha value is -0.300. The van der Waals surface area contributed by atoms with Crippen LogP contribution >= 0.6 is 0 Å². The molecule has 2 rings (SSSR count). The van der Waals surface area contributed by atoms with Gasteiger partial charge in [-0.15, -0.1) is 0 Å². The average molecular weight is 193 g/mol. The van der Waals surface area contributed by atoms with Crippen molar-refractivity contribution in [3.63, 3.8) is 0 Å². The minimum absolute atomic E-state index is 0.760. The van der Waals surface area contributed by atoms with E-state index in [0.717, 1.165) is 12.0 Å². The highest BCUT2D eigenvalue weighted by atomic mass is 15.2. The second-order valence-electron chi connectivity index (χ2n) is 5.00. The van der Waals surface area contributed by atoms with Crippen molar-refractivity contribution in [1.82, 2.24) is 4.90 Å². The first-order valence-electron chi connectivity index (χ1n) is 6.20. The number of allylic oxidation sites excluding steroid dienone is 1. The molecule has 0 aliphatic carbocycles. The second kappa shape index (κ2) is 4.06. The third-order valence-corrected chi connectivity index (χ3v) is 3.92. The summed E-state index contributed by atoms with van der Waals surface area (Å²) < 4.78 is 0. The van der Waals surface area contributed by atoms with Gasteiger partial charge >= 0.3 is 0 Å². The van der Waals surface area contributed by atoms with Gasteiger partial charge in [0.15, 0.2) is 0 Å². The quantitative estimate of drug-likeness (QED) is 0.609. The van der Waals surface area contributed by atoms with Crippen molar-refractivity contribution in [3.8, 4) is 0 Å². The fourth-order valence-corrected chi connectivity index (χ4v) is 3.30. The fraction of sp³-hybridized carbons (Fsp3) is 0.846. The molecule has 1 unspecified atom stereocenters.